The number of rotatable bonds is 11. The lowest BCUT2D eigenvalue weighted by atomic mass is 10.0. The number of hydrogen-bond acceptors (Lipinski definition) is 6. The van der Waals surface area contributed by atoms with Crippen molar-refractivity contribution in [3.05, 3.63) is 44.0 Å². The van der Waals surface area contributed by atoms with Gasteiger partial charge in [-0.1, -0.05) is 40.0 Å². The second kappa shape index (κ2) is 11.0. The Labute approximate surface area is 163 Å². The van der Waals surface area contributed by atoms with Crippen LogP contribution in [0.15, 0.2) is 18.2 Å². The van der Waals surface area contributed by atoms with Crippen LogP contribution in [0.1, 0.15) is 56.8 Å². The van der Waals surface area contributed by atoms with Gasteiger partial charge in [0, 0.05) is 18.7 Å². The van der Waals surface area contributed by atoms with Crippen LogP contribution in [0.2, 0.25) is 0 Å². The molecule has 0 aliphatic heterocycles. The van der Waals surface area contributed by atoms with E-state index in [1.165, 1.54) is 0 Å². The van der Waals surface area contributed by atoms with Crippen LogP contribution in [0.5, 0.6) is 0 Å². The molecule has 2 amide bonds. The zero-order valence-corrected chi connectivity index (χ0v) is 16.3. The smallest absolute Gasteiger partial charge is 0.277 e. The average molecular weight is 394 g/mol. The predicted octanol–water partition coefficient (Wildman–Crippen LogP) is 2.95. The van der Waals surface area contributed by atoms with Crippen LogP contribution in [-0.2, 0) is 4.79 Å². The highest BCUT2D eigenvalue weighted by atomic mass is 16.6. The molecule has 0 aliphatic rings. The molecule has 0 saturated carbocycles. The van der Waals surface area contributed by atoms with Crippen LogP contribution in [0.3, 0.4) is 0 Å². The van der Waals surface area contributed by atoms with E-state index in [0.717, 1.165) is 43.9 Å². The summed E-state index contributed by atoms with van der Waals surface area (Å²) in [5.41, 5.74) is -1.39. The number of unbranched alkanes of at least 4 members (excludes halogenated alkanes) is 3. The number of nitrogens with one attached hydrogen (secondary N) is 2. The minimum Gasteiger partial charge on any atom is -0.354 e. The Balaban J connectivity index is 2.90. The summed E-state index contributed by atoms with van der Waals surface area (Å²) in [6, 6.07) is 1.81. The standard InChI is InChI=1S/C18H26N4O6/c1-4-5-6-7-8-19-18(24)16(12(2)3)20-17(23)13-9-14(21(25)26)11-15(10-13)22(27)28/h9-12,16H,4-8H2,1-3H3,(H,19,24)(H,20,23)/t16-/m0/s1. The van der Waals surface area contributed by atoms with Crippen molar-refractivity contribution in [2.75, 3.05) is 6.54 Å². The van der Waals surface area contributed by atoms with Gasteiger partial charge in [0.2, 0.25) is 5.91 Å². The Bertz CT molecular complexity index is 703. The van der Waals surface area contributed by atoms with E-state index in [9.17, 15) is 29.8 Å². The number of benzene rings is 1. The van der Waals surface area contributed by atoms with Crippen molar-refractivity contribution in [3.8, 4) is 0 Å². The maximum Gasteiger partial charge on any atom is 0.277 e. The van der Waals surface area contributed by atoms with Crippen LogP contribution in [0, 0.1) is 26.1 Å². The van der Waals surface area contributed by atoms with Gasteiger partial charge in [0.05, 0.1) is 21.5 Å². The van der Waals surface area contributed by atoms with Crippen molar-refractivity contribution in [2.24, 2.45) is 5.92 Å². The van der Waals surface area contributed by atoms with Crippen LogP contribution in [-0.4, -0.2) is 34.2 Å². The van der Waals surface area contributed by atoms with Crippen LogP contribution >= 0.6 is 0 Å². The first-order chi connectivity index (χ1) is 13.2. The second-order valence-corrected chi connectivity index (χ2v) is 6.80. The Morgan fingerprint density at radius 3 is 2.04 bits per heavy atom. The zero-order chi connectivity index (χ0) is 21.3. The average Bonchev–Trinajstić information content (AvgIpc) is 2.64. The van der Waals surface area contributed by atoms with Gasteiger partial charge >= 0.3 is 0 Å². The number of nitrogens with zero attached hydrogens (tertiary/aromatic N) is 2. The van der Waals surface area contributed by atoms with E-state index < -0.39 is 33.2 Å². The van der Waals surface area contributed by atoms with Gasteiger partial charge in [-0.3, -0.25) is 29.8 Å². The molecule has 0 spiro atoms. The fourth-order valence-electron chi connectivity index (χ4n) is 2.57. The predicted molar refractivity (Wildman–Crippen MR) is 103 cm³/mol. The molecule has 1 aromatic carbocycles. The lowest BCUT2D eigenvalue weighted by Gasteiger charge is -2.21. The summed E-state index contributed by atoms with van der Waals surface area (Å²) in [6.45, 7) is 6.07. The molecule has 1 atom stereocenters. The molecule has 28 heavy (non-hydrogen) atoms. The molecule has 0 aliphatic carbocycles. The highest BCUT2D eigenvalue weighted by molar-refractivity contribution is 5.98. The Morgan fingerprint density at radius 1 is 1.00 bits per heavy atom. The van der Waals surface area contributed by atoms with E-state index in [4.69, 9.17) is 0 Å². The number of amides is 2. The van der Waals surface area contributed by atoms with Crippen LogP contribution in [0.4, 0.5) is 11.4 Å². The van der Waals surface area contributed by atoms with Crippen molar-refractivity contribution in [2.45, 2.75) is 52.5 Å². The molecular formula is C18H26N4O6. The molecule has 1 aromatic rings. The van der Waals surface area contributed by atoms with Gasteiger partial charge in [0.25, 0.3) is 17.3 Å². The third kappa shape index (κ3) is 6.93. The largest absolute Gasteiger partial charge is 0.354 e. The van der Waals surface area contributed by atoms with Crippen molar-refractivity contribution >= 4 is 23.2 Å². The number of nitro groups is 2. The van der Waals surface area contributed by atoms with Crippen molar-refractivity contribution in [1.82, 2.24) is 10.6 Å². The molecule has 0 heterocycles. The number of carbonyl (C=O) groups excluding carboxylic acids is 2. The molecule has 0 bridgehead atoms. The summed E-state index contributed by atoms with van der Waals surface area (Å²) in [7, 11) is 0. The highest BCUT2D eigenvalue weighted by Gasteiger charge is 2.26. The topological polar surface area (TPSA) is 144 Å². The molecule has 0 unspecified atom stereocenters. The Kier molecular flexibility index (Phi) is 9.00. The normalized spacial score (nSPS) is 11.7. The monoisotopic (exact) mass is 394 g/mol. The van der Waals surface area contributed by atoms with Crippen LogP contribution in [0.25, 0.3) is 0 Å². The Morgan fingerprint density at radius 2 is 1.57 bits per heavy atom. The molecular weight excluding hydrogens is 368 g/mol. The van der Waals surface area contributed by atoms with Gasteiger partial charge in [0.1, 0.15) is 6.04 Å². The molecule has 0 saturated heterocycles. The van der Waals surface area contributed by atoms with E-state index in [1.54, 1.807) is 13.8 Å². The number of nitro benzene ring substituents is 2. The van der Waals surface area contributed by atoms with E-state index in [2.05, 4.69) is 17.6 Å². The quantitative estimate of drug-likeness (QED) is 0.335. The molecule has 154 valence electrons. The molecule has 10 nitrogen and oxygen atoms in total. The van der Waals surface area contributed by atoms with Gasteiger partial charge in [-0.2, -0.15) is 0 Å². The van der Waals surface area contributed by atoms with E-state index in [-0.39, 0.29) is 17.4 Å². The zero-order valence-electron chi connectivity index (χ0n) is 16.3. The molecule has 10 heteroatoms. The van der Waals surface area contributed by atoms with Crippen molar-refractivity contribution < 1.29 is 19.4 Å². The van der Waals surface area contributed by atoms with Gasteiger partial charge in [0.15, 0.2) is 0 Å². The minimum absolute atomic E-state index is 0.242. The van der Waals surface area contributed by atoms with Crippen molar-refractivity contribution in [3.63, 3.8) is 0 Å². The summed E-state index contributed by atoms with van der Waals surface area (Å²) >= 11 is 0. The summed E-state index contributed by atoms with van der Waals surface area (Å²) in [4.78, 5) is 45.2. The lowest BCUT2D eigenvalue weighted by molar-refractivity contribution is -0.394. The van der Waals surface area contributed by atoms with Gasteiger partial charge in [-0.05, 0) is 12.3 Å². The van der Waals surface area contributed by atoms with Gasteiger partial charge in [-0.15, -0.1) is 0 Å². The van der Waals surface area contributed by atoms with Crippen LogP contribution < -0.4 is 10.6 Å². The van der Waals surface area contributed by atoms with E-state index in [1.807, 2.05) is 0 Å². The number of carbonyl (C=O) groups is 2. The first-order valence-corrected chi connectivity index (χ1v) is 9.19. The summed E-state index contributed by atoms with van der Waals surface area (Å²) in [5.74, 6) is -1.39. The van der Waals surface area contributed by atoms with Gasteiger partial charge < -0.3 is 10.6 Å². The number of hydrogen-bond donors (Lipinski definition) is 2. The maximum atomic E-state index is 12.5. The fraction of sp³-hybridized carbons (Fsp3) is 0.556. The first kappa shape index (κ1) is 23.0. The molecule has 0 radical (unpaired) electrons. The Hall–Kier alpha value is -3.04. The van der Waals surface area contributed by atoms with Gasteiger partial charge in [-0.25, -0.2) is 0 Å². The summed E-state index contributed by atoms with van der Waals surface area (Å²) in [6.07, 6.45) is 3.97. The van der Waals surface area contributed by atoms with Crippen molar-refractivity contribution in [1.29, 1.82) is 0 Å². The molecule has 0 fully saturated rings. The summed E-state index contributed by atoms with van der Waals surface area (Å²) < 4.78 is 0. The lowest BCUT2D eigenvalue weighted by Crippen LogP contribution is -2.49. The first-order valence-electron chi connectivity index (χ1n) is 9.19. The summed E-state index contributed by atoms with van der Waals surface area (Å²) in [5, 5.41) is 27.2. The van der Waals surface area contributed by atoms with E-state index in [0.29, 0.717) is 6.54 Å². The number of non-ortho nitro benzene ring substituents is 2. The second-order valence-electron chi connectivity index (χ2n) is 6.80. The third-order valence-corrected chi connectivity index (χ3v) is 4.15. The molecule has 0 aromatic heterocycles. The highest BCUT2D eigenvalue weighted by Crippen LogP contribution is 2.23. The molecule has 1 rings (SSSR count). The third-order valence-electron chi connectivity index (χ3n) is 4.15. The SMILES string of the molecule is CCCCCCNC(=O)[C@@H](NC(=O)c1cc([N+](=O)[O-])cc([N+](=O)[O-])c1)C(C)C. The minimum atomic E-state index is -0.864. The maximum absolute atomic E-state index is 12.5. The van der Waals surface area contributed by atoms with E-state index >= 15 is 0 Å². The fourth-order valence-corrected chi connectivity index (χ4v) is 2.57. The molecule has 2 N–H and O–H groups in total.